The highest BCUT2D eigenvalue weighted by Crippen LogP contribution is 2.16. The van der Waals surface area contributed by atoms with Crippen molar-refractivity contribution >= 4 is 5.91 Å². The summed E-state index contributed by atoms with van der Waals surface area (Å²) in [7, 11) is 4.05. The van der Waals surface area contributed by atoms with Crippen LogP contribution in [0.1, 0.15) is 17.5 Å². The lowest BCUT2D eigenvalue weighted by molar-refractivity contribution is -0.129. The molecule has 1 heterocycles. The number of hydrogen-bond donors (Lipinski definition) is 1. The predicted molar refractivity (Wildman–Crippen MR) is 81.3 cm³/mol. The van der Waals surface area contributed by atoms with Gasteiger partial charge in [-0.15, -0.1) is 0 Å². The number of carbonyl (C=O) groups is 1. The molecule has 1 aromatic rings. The summed E-state index contributed by atoms with van der Waals surface area (Å²) in [6.45, 7) is 3.58. The largest absolute Gasteiger partial charge is 0.345 e. The van der Waals surface area contributed by atoms with Crippen molar-refractivity contribution in [1.82, 2.24) is 9.80 Å². The smallest absolute Gasteiger partial charge is 0.226 e. The Morgan fingerprint density at radius 2 is 2.10 bits per heavy atom. The van der Waals surface area contributed by atoms with E-state index in [2.05, 4.69) is 11.9 Å². The zero-order chi connectivity index (χ0) is 14.5. The fourth-order valence-electron chi connectivity index (χ4n) is 2.89. The van der Waals surface area contributed by atoms with Gasteiger partial charge in [-0.25, -0.2) is 0 Å². The van der Waals surface area contributed by atoms with E-state index < -0.39 is 0 Å². The average Bonchev–Trinajstić information content (AvgIpc) is 2.84. The molecule has 110 valence electrons. The first kappa shape index (κ1) is 15.0. The summed E-state index contributed by atoms with van der Waals surface area (Å²) < 4.78 is 0. The summed E-state index contributed by atoms with van der Waals surface area (Å²) in [4.78, 5) is 16.5. The van der Waals surface area contributed by atoms with Gasteiger partial charge in [0.25, 0.3) is 0 Å². The van der Waals surface area contributed by atoms with Crippen LogP contribution in [0.3, 0.4) is 0 Å². The Kier molecular flexibility index (Phi) is 5.15. The van der Waals surface area contributed by atoms with E-state index in [1.165, 1.54) is 6.42 Å². The van der Waals surface area contributed by atoms with Gasteiger partial charge < -0.3 is 15.5 Å². The van der Waals surface area contributed by atoms with E-state index in [1.54, 1.807) is 0 Å². The van der Waals surface area contributed by atoms with Gasteiger partial charge in [0.15, 0.2) is 0 Å². The van der Waals surface area contributed by atoms with E-state index in [9.17, 15) is 4.79 Å². The van der Waals surface area contributed by atoms with Gasteiger partial charge in [-0.1, -0.05) is 24.3 Å². The van der Waals surface area contributed by atoms with Crippen LogP contribution >= 0.6 is 0 Å². The van der Waals surface area contributed by atoms with Crippen molar-refractivity contribution in [3.63, 3.8) is 0 Å². The highest BCUT2D eigenvalue weighted by Gasteiger charge is 2.22. The number of likely N-dealkylation sites (N-methyl/N-ethyl adjacent to an activating group) is 1. The topological polar surface area (TPSA) is 49.6 Å². The molecule has 4 nitrogen and oxygen atoms in total. The zero-order valence-corrected chi connectivity index (χ0v) is 12.5. The van der Waals surface area contributed by atoms with Crippen LogP contribution in [0.4, 0.5) is 0 Å². The number of carbonyl (C=O) groups excluding carboxylic acids is 1. The molecule has 1 amide bonds. The van der Waals surface area contributed by atoms with Gasteiger partial charge in [0.05, 0.1) is 6.42 Å². The van der Waals surface area contributed by atoms with Gasteiger partial charge in [-0.3, -0.25) is 4.79 Å². The number of likely N-dealkylation sites (tertiary alicyclic amines) is 1. The SMILES string of the molecule is CN1CCC(CN(C)C(=O)Cc2ccccc2CN)C1. The van der Waals surface area contributed by atoms with Crippen molar-refractivity contribution in [3.8, 4) is 0 Å². The quantitative estimate of drug-likeness (QED) is 0.875. The summed E-state index contributed by atoms with van der Waals surface area (Å²) >= 11 is 0. The number of amides is 1. The van der Waals surface area contributed by atoms with Gasteiger partial charge in [-0.05, 0) is 37.1 Å². The summed E-state index contributed by atoms with van der Waals surface area (Å²) in [5.74, 6) is 0.791. The third kappa shape index (κ3) is 3.81. The minimum Gasteiger partial charge on any atom is -0.345 e. The fraction of sp³-hybridized carbons (Fsp3) is 0.562. The van der Waals surface area contributed by atoms with E-state index in [4.69, 9.17) is 5.73 Å². The summed E-state index contributed by atoms with van der Waals surface area (Å²) in [5, 5.41) is 0. The summed E-state index contributed by atoms with van der Waals surface area (Å²) in [6.07, 6.45) is 1.64. The molecule has 0 spiro atoms. The first-order valence-corrected chi connectivity index (χ1v) is 7.29. The Morgan fingerprint density at radius 3 is 2.70 bits per heavy atom. The monoisotopic (exact) mass is 275 g/mol. The molecule has 1 aromatic carbocycles. The van der Waals surface area contributed by atoms with E-state index in [0.717, 1.165) is 30.8 Å². The fourth-order valence-corrected chi connectivity index (χ4v) is 2.89. The molecule has 1 atom stereocenters. The van der Waals surface area contributed by atoms with Crippen LogP contribution in [0.2, 0.25) is 0 Å². The molecule has 4 heteroatoms. The Hall–Kier alpha value is -1.39. The predicted octanol–water partition coefficient (Wildman–Crippen LogP) is 1.10. The Bertz CT molecular complexity index is 461. The molecule has 1 unspecified atom stereocenters. The molecule has 1 fully saturated rings. The first-order chi connectivity index (χ1) is 9.60. The second-order valence-corrected chi connectivity index (χ2v) is 5.84. The van der Waals surface area contributed by atoms with Crippen LogP contribution in [0.15, 0.2) is 24.3 Å². The molecular weight excluding hydrogens is 250 g/mol. The Morgan fingerprint density at radius 1 is 1.40 bits per heavy atom. The molecule has 2 N–H and O–H groups in total. The standard InChI is InChI=1S/C16H25N3O/c1-18-8-7-13(11-18)12-19(2)16(20)9-14-5-3-4-6-15(14)10-17/h3-6,13H,7-12,17H2,1-2H3. The maximum absolute atomic E-state index is 12.3. The first-order valence-electron chi connectivity index (χ1n) is 7.29. The van der Waals surface area contributed by atoms with Crippen LogP contribution in [0.5, 0.6) is 0 Å². The summed E-state index contributed by atoms with van der Waals surface area (Å²) in [5.41, 5.74) is 7.84. The van der Waals surface area contributed by atoms with E-state index >= 15 is 0 Å². The van der Waals surface area contributed by atoms with Crippen molar-refractivity contribution in [3.05, 3.63) is 35.4 Å². The second kappa shape index (κ2) is 6.86. The maximum atomic E-state index is 12.3. The third-order valence-corrected chi connectivity index (χ3v) is 4.13. The van der Waals surface area contributed by atoms with Gasteiger partial charge in [-0.2, -0.15) is 0 Å². The Balaban J connectivity index is 1.90. The number of rotatable bonds is 5. The highest BCUT2D eigenvalue weighted by molar-refractivity contribution is 5.78. The van der Waals surface area contributed by atoms with Gasteiger partial charge >= 0.3 is 0 Å². The van der Waals surface area contributed by atoms with Crippen LogP contribution in [0, 0.1) is 5.92 Å². The van der Waals surface area contributed by atoms with Crippen molar-refractivity contribution in [2.45, 2.75) is 19.4 Å². The van der Waals surface area contributed by atoms with Gasteiger partial charge in [0.2, 0.25) is 5.91 Å². The van der Waals surface area contributed by atoms with Crippen molar-refractivity contribution in [2.24, 2.45) is 11.7 Å². The van der Waals surface area contributed by atoms with E-state index in [0.29, 0.717) is 18.9 Å². The number of nitrogens with zero attached hydrogens (tertiary/aromatic N) is 2. The van der Waals surface area contributed by atoms with Crippen LogP contribution < -0.4 is 5.73 Å². The van der Waals surface area contributed by atoms with Gasteiger partial charge in [0.1, 0.15) is 0 Å². The highest BCUT2D eigenvalue weighted by atomic mass is 16.2. The zero-order valence-electron chi connectivity index (χ0n) is 12.5. The van der Waals surface area contributed by atoms with Crippen LogP contribution in [0.25, 0.3) is 0 Å². The second-order valence-electron chi connectivity index (χ2n) is 5.84. The molecule has 1 aliphatic heterocycles. The molecule has 0 bridgehead atoms. The normalized spacial score (nSPS) is 19.2. The van der Waals surface area contributed by atoms with Crippen molar-refractivity contribution in [1.29, 1.82) is 0 Å². The molecule has 2 rings (SSSR count). The molecule has 20 heavy (non-hydrogen) atoms. The minimum absolute atomic E-state index is 0.181. The van der Waals surface area contributed by atoms with Gasteiger partial charge in [0, 0.05) is 26.7 Å². The molecule has 1 aliphatic rings. The molecule has 1 saturated heterocycles. The molecular formula is C16H25N3O. The molecule has 0 aromatic heterocycles. The Labute approximate surface area is 121 Å². The minimum atomic E-state index is 0.181. The lowest BCUT2D eigenvalue weighted by atomic mass is 10.0. The van der Waals surface area contributed by atoms with E-state index in [-0.39, 0.29) is 5.91 Å². The van der Waals surface area contributed by atoms with E-state index in [1.807, 2.05) is 36.2 Å². The number of benzene rings is 1. The third-order valence-electron chi connectivity index (χ3n) is 4.13. The molecule has 0 aliphatic carbocycles. The number of nitrogens with two attached hydrogens (primary N) is 1. The van der Waals surface area contributed by atoms with Crippen molar-refractivity contribution < 1.29 is 4.79 Å². The van der Waals surface area contributed by atoms with Crippen LogP contribution in [-0.4, -0.2) is 49.4 Å². The lowest BCUT2D eigenvalue weighted by Crippen LogP contribution is -2.34. The van der Waals surface area contributed by atoms with Crippen molar-refractivity contribution in [2.75, 3.05) is 33.7 Å². The average molecular weight is 275 g/mol. The maximum Gasteiger partial charge on any atom is 0.226 e. The summed E-state index contributed by atoms with van der Waals surface area (Å²) in [6, 6.07) is 7.92. The lowest BCUT2D eigenvalue weighted by Gasteiger charge is -2.21. The molecule has 0 saturated carbocycles. The number of hydrogen-bond acceptors (Lipinski definition) is 3. The van der Waals surface area contributed by atoms with Crippen LogP contribution in [-0.2, 0) is 17.8 Å². The molecule has 0 radical (unpaired) electrons.